The van der Waals surface area contributed by atoms with E-state index in [2.05, 4.69) is 39.8 Å². The van der Waals surface area contributed by atoms with Crippen LogP contribution in [-0.2, 0) is 15.6 Å². The third-order valence-corrected chi connectivity index (χ3v) is 6.08. The molecule has 0 radical (unpaired) electrons. The number of aliphatic hydroxyl groups is 1. The fourth-order valence-corrected chi connectivity index (χ4v) is 4.02. The maximum Gasteiger partial charge on any atom is 0.308 e. The van der Waals surface area contributed by atoms with E-state index in [1.807, 2.05) is 25.1 Å². The highest BCUT2D eigenvalue weighted by atomic mass is 16.5. The van der Waals surface area contributed by atoms with Gasteiger partial charge in [-0.2, -0.15) is 0 Å². The maximum absolute atomic E-state index is 11.2. The molecule has 0 spiro atoms. The van der Waals surface area contributed by atoms with Crippen molar-refractivity contribution in [3.8, 4) is 11.5 Å². The molecule has 0 aromatic heterocycles. The number of hydrogen-bond donors (Lipinski definition) is 1. The van der Waals surface area contributed by atoms with Gasteiger partial charge in [-0.05, 0) is 58.9 Å². The summed E-state index contributed by atoms with van der Waals surface area (Å²) in [7, 11) is 0. The molecule has 1 aliphatic carbocycles. The SMILES string of the molecule is CC(=O)Oc1cc(OCC(O)c2ccc3c(c2)C(C)(C)CCC3(C)C)ccc1C. The Labute approximate surface area is 173 Å². The molecule has 0 heterocycles. The third-order valence-electron chi connectivity index (χ3n) is 6.08. The van der Waals surface area contributed by atoms with E-state index >= 15 is 0 Å². The zero-order valence-electron chi connectivity index (χ0n) is 18.3. The van der Waals surface area contributed by atoms with Gasteiger partial charge in [0.2, 0.25) is 0 Å². The first-order valence-electron chi connectivity index (χ1n) is 10.2. The highest BCUT2D eigenvalue weighted by Crippen LogP contribution is 2.46. The number of fused-ring (bicyclic) bond motifs is 1. The van der Waals surface area contributed by atoms with E-state index in [9.17, 15) is 9.90 Å². The molecule has 2 aromatic carbocycles. The minimum absolute atomic E-state index is 0.0946. The molecule has 1 aliphatic rings. The van der Waals surface area contributed by atoms with Crippen molar-refractivity contribution in [1.82, 2.24) is 0 Å². The number of hydrogen-bond acceptors (Lipinski definition) is 4. The number of benzene rings is 2. The second kappa shape index (κ2) is 7.83. The van der Waals surface area contributed by atoms with Crippen LogP contribution in [0, 0.1) is 6.92 Å². The Morgan fingerprint density at radius 3 is 2.34 bits per heavy atom. The van der Waals surface area contributed by atoms with Gasteiger partial charge in [0, 0.05) is 13.0 Å². The number of esters is 1. The summed E-state index contributed by atoms with van der Waals surface area (Å²) in [6.45, 7) is 12.5. The molecule has 29 heavy (non-hydrogen) atoms. The van der Waals surface area contributed by atoms with Crippen molar-refractivity contribution in [2.45, 2.75) is 71.3 Å². The summed E-state index contributed by atoms with van der Waals surface area (Å²) >= 11 is 0. The highest BCUT2D eigenvalue weighted by molar-refractivity contribution is 5.70. The predicted octanol–water partition coefficient (Wildman–Crippen LogP) is 5.38. The summed E-state index contributed by atoms with van der Waals surface area (Å²) < 4.78 is 11.0. The molecular weight excluding hydrogens is 364 g/mol. The second-order valence-electron chi connectivity index (χ2n) is 9.42. The van der Waals surface area contributed by atoms with Crippen LogP contribution in [0.3, 0.4) is 0 Å². The van der Waals surface area contributed by atoms with E-state index in [0.717, 1.165) is 24.0 Å². The highest BCUT2D eigenvalue weighted by Gasteiger charge is 2.37. The van der Waals surface area contributed by atoms with Crippen molar-refractivity contribution in [3.63, 3.8) is 0 Å². The monoisotopic (exact) mass is 396 g/mol. The molecule has 4 nitrogen and oxygen atoms in total. The number of ether oxygens (including phenoxy) is 2. The Morgan fingerprint density at radius 2 is 1.69 bits per heavy atom. The molecule has 0 saturated carbocycles. The summed E-state index contributed by atoms with van der Waals surface area (Å²) in [5.74, 6) is 0.664. The zero-order chi connectivity index (χ0) is 21.4. The van der Waals surface area contributed by atoms with Crippen LogP contribution in [0.25, 0.3) is 0 Å². The van der Waals surface area contributed by atoms with E-state index in [1.165, 1.54) is 18.1 Å². The lowest BCUT2D eigenvalue weighted by atomic mass is 9.63. The van der Waals surface area contributed by atoms with E-state index < -0.39 is 6.10 Å². The minimum Gasteiger partial charge on any atom is -0.490 e. The average molecular weight is 397 g/mol. The standard InChI is InChI=1S/C25H32O4/c1-16-7-9-19(14-23(16)29-17(2)26)28-15-22(27)18-8-10-20-21(13-18)25(5,6)12-11-24(20,3)4/h7-10,13-14,22,27H,11-12,15H2,1-6H3. The predicted molar refractivity (Wildman–Crippen MR) is 115 cm³/mol. The molecule has 4 heteroatoms. The van der Waals surface area contributed by atoms with Gasteiger partial charge in [0.05, 0.1) is 0 Å². The number of carbonyl (C=O) groups is 1. The zero-order valence-corrected chi connectivity index (χ0v) is 18.3. The van der Waals surface area contributed by atoms with E-state index in [4.69, 9.17) is 9.47 Å². The molecule has 0 fully saturated rings. The lowest BCUT2D eigenvalue weighted by Gasteiger charge is -2.42. The first kappa shape index (κ1) is 21.4. The van der Waals surface area contributed by atoms with Crippen LogP contribution in [-0.4, -0.2) is 17.7 Å². The Morgan fingerprint density at radius 1 is 1.03 bits per heavy atom. The Balaban J connectivity index is 1.77. The molecule has 0 saturated heterocycles. The largest absolute Gasteiger partial charge is 0.490 e. The topological polar surface area (TPSA) is 55.8 Å². The lowest BCUT2D eigenvalue weighted by Crippen LogP contribution is -2.34. The molecule has 0 amide bonds. The quantitative estimate of drug-likeness (QED) is 0.544. The summed E-state index contributed by atoms with van der Waals surface area (Å²) in [6, 6.07) is 11.7. The van der Waals surface area contributed by atoms with Gasteiger partial charge in [-0.15, -0.1) is 0 Å². The van der Waals surface area contributed by atoms with Gasteiger partial charge in [0.15, 0.2) is 0 Å². The number of rotatable bonds is 5. The fourth-order valence-electron chi connectivity index (χ4n) is 4.02. The summed E-state index contributed by atoms with van der Waals surface area (Å²) in [6.07, 6.45) is 1.56. The van der Waals surface area contributed by atoms with Gasteiger partial charge in [-0.3, -0.25) is 4.79 Å². The Hall–Kier alpha value is -2.33. The Bertz CT molecular complexity index is 911. The number of aryl methyl sites for hydroxylation is 1. The molecule has 0 bridgehead atoms. The van der Waals surface area contributed by atoms with Crippen LogP contribution in [0.1, 0.15) is 75.8 Å². The maximum atomic E-state index is 11.2. The molecular formula is C25H32O4. The first-order valence-corrected chi connectivity index (χ1v) is 10.2. The minimum atomic E-state index is -0.736. The van der Waals surface area contributed by atoms with Crippen LogP contribution < -0.4 is 9.47 Å². The van der Waals surface area contributed by atoms with Gasteiger partial charge in [-0.1, -0.05) is 52.0 Å². The van der Waals surface area contributed by atoms with Crippen molar-refractivity contribution in [2.24, 2.45) is 0 Å². The first-order chi connectivity index (χ1) is 13.5. The van der Waals surface area contributed by atoms with Crippen LogP contribution in [0.15, 0.2) is 36.4 Å². The molecule has 1 N–H and O–H groups in total. The molecule has 156 valence electrons. The van der Waals surface area contributed by atoms with E-state index in [1.54, 1.807) is 6.07 Å². The lowest BCUT2D eigenvalue weighted by molar-refractivity contribution is -0.131. The number of aliphatic hydroxyl groups excluding tert-OH is 1. The smallest absolute Gasteiger partial charge is 0.308 e. The summed E-state index contributed by atoms with van der Waals surface area (Å²) in [5, 5.41) is 10.7. The van der Waals surface area contributed by atoms with Crippen molar-refractivity contribution in [1.29, 1.82) is 0 Å². The van der Waals surface area contributed by atoms with Crippen molar-refractivity contribution in [3.05, 3.63) is 58.7 Å². The molecule has 1 unspecified atom stereocenters. The van der Waals surface area contributed by atoms with Gasteiger partial charge in [0.25, 0.3) is 0 Å². The van der Waals surface area contributed by atoms with Gasteiger partial charge < -0.3 is 14.6 Å². The van der Waals surface area contributed by atoms with Crippen molar-refractivity contribution >= 4 is 5.97 Å². The van der Waals surface area contributed by atoms with Gasteiger partial charge in [-0.25, -0.2) is 0 Å². The fraction of sp³-hybridized carbons (Fsp3) is 0.480. The van der Waals surface area contributed by atoms with Crippen LogP contribution in [0.5, 0.6) is 11.5 Å². The van der Waals surface area contributed by atoms with Crippen LogP contribution in [0.4, 0.5) is 0 Å². The molecule has 2 aromatic rings. The van der Waals surface area contributed by atoms with Crippen molar-refractivity contribution < 1.29 is 19.4 Å². The van der Waals surface area contributed by atoms with Crippen LogP contribution >= 0.6 is 0 Å². The van der Waals surface area contributed by atoms with Gasteiger partial charge >= 0.3 is 5.97 Å². The van der Waals surface area contributed by atoms with Crippen LogP contribution in [0.2, 0.25) is 0 Å². The average Bonchev–Trinajstić information content (AvgIpc) is 2.65. The normalized spacial score (nSPS) is 17.9. The van der Waals surface area contributed by atoms with Crippen molar-refractivity contribution in [2.75, 3.05) is 6.61 Å². The Kier molecular flexibility index (Phi) is 5.77. The summed E-state index contributed by atoms with van der Waals surface area (Å²) in [4.78, 5) is 11.2. The third kappa shape index (κ3) is 4.64. The molecule has 1 atom stereocenters. The second-order valence-corrected chi connectivity index (χ2v) is 9.42. The van der Waals surface area contributed by atoms with E-state index in [-0.39, 0.29) is 23.4 Å². The van der Waals surface area contributed by atoms with E-state index in [0.29, 0.717) is 11.5 Å². The molecule has 0 aliphatic heterocycles. The van der Waals surface area contributed by atoms with Gasteiger partial charge in [0.1, 0.15) is 24.2 Å². The number of carbonyl (C=O) groups excluding carboxylic acids is 1. The molecule has 3 rings (SSSR count). The summed E-state index contributed by atoms with van der Waals surface area (Å²) in [5.41, 5.74) is 4.65.